The van der Waals surface area contributed by atoms with Crippen molar-refractivity contribution >= 4 is 37.5 Å². The molecule has 0 heterocycles. The molecule has 2 N–H and O–H groups in total. The van der Waals surface area contributed by atoms with Gasteiger partial charge in [-0.1, -0.05) is 34.1 Å². The Balaban J connectivity index is 2.55. The van der Waals surface area contributed by atoms with Crippen molar-refractivity contribution in [3.8, 4) is 5.75 Å². The number of halogens is 1. The minimum Gasteiger partial charge on any atom is -0.492 e. The summed E-state index contributed by atoms with van der Waals surface area (Å²) in [6.45, 7) is 2.05. The van der Waals surface area contributed by atoms with Crippen LogP contribution in [-0.4, -0.2) is 27.5 Å². The summed E-state index contributed by atoms with van der Waals surface area (Å²) in [6, 6.07) is 13.4. The van der Waals surface area contributed by atoms with Crippen molar-refractivity contribution in [1.82, 2.24) is 0 Å². The van der Waals surface area contributed by atoms with Crippen LogP contribution in [-0.2, 0) is 14.8 Å². The van der Waals surface area contributed by atoms with E-state index in [1.54, 1.807) is 49.4 Å². The van der Waals surface area contributed by atoms with Crippen molar-refractivity contribution in [2.75, 3.05) is 17.5 Å². The number of carbonyl (C=O) groups is 1. The standard InChI is InChI=1S/C17H19BrN2O4S/c1-2-24-15-9-8-13(18)12-16(15)25(22,23)20(11-10-17(19)21)14-6-4-3-5-7-14/h3-9,12H,2,10-11H2,1H3,(H2,19,21). The third-order valence-corrected chi connectivity index (χ3v) is 5.72. The van der Waals surface area contributed by atoms with E-state index in [0.29, 0.717) is 16.8 Å². The van der Waals surface area contributed by atoms with Gasteiger partial charge in [-0.05, 0) is 37.3 Å². The van der Waals surface area contributed by atoms with Gasteiger partial charge in [0.2, 0.25) is 5.91 Å². The molecule has 25 heavy (non-hydrogen) atoms. The molecule has 2 aromatic rings. The number of nitrogens with two attached hydrogens (primary N) is 1. The molecule has 0 aliphatic heterocycles. The van der Waals surface area contributed by atoms with Crippen molar-refractivity contribution in [3.63, 3.8) is 0 Å². The highest BCUT2D eigenvalue weighted by molar-refractivity contribution is 9.10. The fourth-order valence-corrected chi connectivity index (χ4v) is 4.41. The van der Waals surface area contributed by atoms with E-state index in [4.69, 9.17) is 10.5 Å². The molecule has 0 spiro atoms. The molecule has 1 amide bonds. The van der Waals surface area contributed by atoms with E-state index < -0.39 is 15.9 Å². The van der Waals surface area contributed by atoms with Gasteiger partial charge >= 0.3 is 0 Å². The summed E-state index contributed by atoms with van der Waals surface area (Å²) in [5, 5.41) is 0. The van der Waals surface area contributed by atoms with Gasteiger partial charge in [0, 0.05) is 17.4 Å². The number of sulfonamides is 1. The van der Waals surface area contributed by atoms with Gasteiger partial charge in [0.15, 0.2) is 0 Å². The van der Waals surface area contributed by atoms with Crippen molar-refractivity contribution in [1.29, 1.82) is 0 Å². The number of primary amides is 1. The number of nitrogens with zero attached hydrogens (tertiary/aromatic N) is 1. The molecule has 0 bridgehead atoms. The second kappa shape index (κ2) is 8.35. The van der Waals surface area contributed by atoms with Gasteiger partial charge in [0.05, 0.1) is 12.3 Å². The van der Waals surface area contributed by atoms with Crippen molar-refractivity contribution < 1.29 is 17.9 Å². The maximum Gasteiger partial charge on any atom is 0.268 e. The summed E-state index contributed by atoms with van der Waals surface area (Å²) < 4.78 is 33.8. The first kappa shape index (κ1) is 19.3. The number of anilines is 1. The highest BCUT2D eigenvalue weighted by Crippen LogP contribution is 2.32. The second-order valence-electron chi connectivity index (χ2n) is 5.15. The number of amides is 1. The monoisotopic (exact) mass is 426 g/mol. The highest BCUT2D eigenvalue weighted by atomic mass is 79.9. The van der Waals surface area contributed by atoms with Crippen LogP contribution in [0.4, 0.5) is 5.69 Å². The molecule has 0 radical (unpaired) electrons. The topological polar surface area (TPSA) is 89.7 Å². The Morgan fingerprint density at radius 2 is 1.88 bits per heavy atom. The first-order chi connectivity index (χ1) is 11.9. The smallest absolute Gasteiger partial charge is 0.268 e. The maximum absolute atomic E-state index is 13.3. The van der Waals surface area contributed by atoms with E-state index in [1.165, 1.54) is 10.4 Å². The summed E-state index contributed by atoms with van der Waals surface area (Å²) in [5.74, 6) is -0.318. The Morgan fingerprint density at radius 3 is 2.48 bits per heavy atom. The summed E-state index contributed by atoms with van der Waals surface area (Å²) in [5.41, 5.74) is 5.66. The van der Waals surface area contributed by atoms with Crippen LogP contribution >= 0.6 is 15.9 Å². The Kier molecular flexibility index (Phi) is 6.44. The van der Waals surface area contributed by atoms with Crippen LogP contribution in [0, 0.1) is 0 Å². The quantitative estimate of drug-likeness (QED) is 0.702. The molecule has 6 nitrogen and oxygen atoms in total. The zero-order valence-electron chi connectivity index (χ0n) is 13.7. The van der Waals surface area contributed by atoms with Crippen LogP contribution in [0.15, 0.2) is 57.9 Å². The SMILES string of the molecule is CCOc1ccc(Br)cc1S(=O)(=O)N(CCC(N)=O)c1ccccc1. The fourth-order valence-electron chi connectivity index (χ4n) is 2.27. The zero-order valence-corrected chi connectivity index (χ0v) is 16.1. The molecule has 0 aliphatic rings. The predicted molar refractivity (Wildman–Crippen MR) is 100 cm³/mol. The van der Waals surface area contributed by atoms with Crippen molar-refractivity contribution in [2.45, 2.75) is 18.2 Å². The number of carbonyl (C=O) groups excluding carboxylic acids is 1. The number of para-hydroxylation sites is 1. The minimum absolute atomic E-state index is 0.0250. The number of ether oxygens (including phenoxy) is 1. The molecule has 0 aliphatic carbocycles. The van der Waals surface area contributed by atoms with Crippen LogP contribution in [0.1, 0.15) is 13.3 Å². The molecule has 0 saturated heterocycles. The Morgan fingerprint density at radius 1 is 1.20 bits per heavy atom. The van der Waals surface area contributed by atoms with E-state index in [2.05, 4.69) is 15.9 Å². The minimum atomic E-state index is -3.95. The van der Waals surface area contributed by atoms with E-state index in [9.17, 15) is 13.2 Å². The van der Waals surface area contributed by atoms with Crippen LogP contribution < -0.4 is 14.8 Å². The first-order valence-corrected chi connectivity index (χ1v) is 9.88. The third-order valence-electron chi connectivity index (χ3n) is 3.38. The van der Waals surface area contributed by atoms with Gasteiger partial charge in [-0.2, -0.15) is 0 Å². The lowest BCUT2D eigenvalue weighted by Crippen LogP contribution is -2.34. The lowest BCUT2D eigenvalue weighted by molar-refractivity contribution is -0.117. The molecular weight excluding hydrogens is 408 g/mol. The third kappa shape index (κ3) is 4.73. The molecule has 0 aromatic heterocycles. The van der Waals surface area contributed by atoms with Crippen LogP contribution in [0.2, 0.25) is 0 Å². The molecule has 0 unspecified atom stereocenters. The van der Waals surface area contributed by atoms with Gasteiger partial charge in [0.1, 0.15) is 10.6 Å². The van der Waals surface area contributed by atoms with Gasteiger partial charge in [-0.3, -0.25) is 9.10 Å². The van der Waals surface area contributed by atoms with E-state index in [-0.39, 0.29) is 23.6 Å². The molecule has 2 rings (SSSR count). The number of benzene rings is 2. The molecular formula is C17H19BrN2O4S. The van der Waals surface area contributed by atoms with E-state index in [0.717, 1.165) is 0 Å². The average Bonchev–Trinajstić information content (AvgIpc) is 2.57. The fraction of sp³-hybridized carbons (Fsp3) is 0.235. The van der Waals surface area contributed by atoms with Crippen molar-refractivity contribution in [3.05, 3.63) is 53.0 Å². The average molecular weight is 427 g/mol. The molecule has 0 atom stereocenters. The summed E-state index contributed by atoms with van der Waals surface area (Å²) >= 11 is 3.29. The Bertz CT molecular complexity index is 841. The predicted octanol–water partition coefficient (Wildman–Crippen LogP) is 2.92. The number of hydrogen-bond acceptors (Lipinski definition) is 4. The van der Waals surface area contributed by atoms with E-state index >= 15 is 0 Å². The second-order valence-corrected chi connectivity index (χ2v) is 7.90. The number of rotatable bonds is 8. The Labute approximate surface area is 155 Å². The summed E-state index contributed by atoms with van der Waals surface area (Å²) in [6.07, 6.45) is -0.0912. The lowest BCUT2D eigenvalue weighted by Gasteiger charge is -2.25. The molecule has 134 valence electrons. The zero-order chi connectivity index (χ0) is 18.4. The Hall–Kier alpha value is -2.06. The molecule has 2 aromatic carbocycles. The molecule has 0 saturated carbocycles. The maximum atomic E-state index is 13.3. The largest absolute Gasteiger partial charge is 0.492 e. The lowest BCUT2D eigenvalue weighted by atomic mass is 10.3. The summed E-state index contributed by atoms with van der Waals surface area (Å²) in [4.78, 5) is 11.2. The van der Waals surface area contributed by atoms with Gasteiger partial charge < -0.3 is 10.5 Å². The van der Waals surface area contributed by atoms with Crippen LogP contribution in [0.3, 0.4) is 0 Å². The normalized spacial score (nSPS) is 11.1. The van der Waals surface area contributed by atoms with Crippen LogP contribution in [0.25, 0.3) is 0 Å². The molecule has 0 fully saturated rings. The van der Waals surface area contributed by atoms with Gasteiger partial charge in [0.25, 0.3) is 10.0 Å². The highest BCUT2D eigenvalue weighted by Gasteiger charge is 2.28. The van der Waals surface area contributed by atoms with Gasteiger partial charge in [-0.15, -0.1) is 0 Å². The van der Waals surface area contributed by atoms with Crippen molar-refractivity contribution in [2.24, 2.45) is 5.73 Å². The van der Waals surface area contributed by atoms with E-state index in [1.807, 2.05) is 0 Å². The molecule has 8 heteroatoms. The van der Waals surface area contributed by atoms with Crippen LogP contribution in [0.5, 0.6) is 5.75 Å². The first-order valence-electron chi connectivity index (χ1n) is 7.64. The van der Waals surface area contributed by atoms with Gasteiger partial charge in [-0.25, -0.2) is 8.42 Å². The summed E-state index contributed by atoms with van der Waals surface area (Å²) in [7, 11) is -3.95. The number of hydrogen-bond donors (Lipinski definition) is 1.